The van der Waals surface area contributed by atoms with Crippen LogP contribution < -0.4 is 11.1 Å². The topological polar surface area (TPSA) is 108 Å². The second-order valence-electron chi connectivity index (χ2n) is 5.85. The Bertz CT molecular complexity index is 749. The molecule has 7 heteroatoms. The van der Waals surface area contributed by atoms with Gasteiger partial charge < -0.3 is 20.5 Å². The molecule has 0 bridgehead atoms. The van der Waals surface area contributed by atoms with Gasteiger partial charge in [0.15, 0.2) is 0 Å². The molecule has 0 aliphatic heterocycles. The molecule has 2 aromatic carbocycles. The van der Waals surface area contributed by atoms with Gasteiger partial charge in [-0.2, -0.15) is 0 Å². The lowest BCUT2D eigenvalue weighted by Crippen LogP contribution is -2.47. The van der Waals surface area contributed by atoms with Gasteiger partial charge >= 0.3 is 5.97 Å². The lowest BCUT2D eigenvalue weighted by Gasteiger charge is -2.15. The van der Waals surface area contributed by atoms with Crippen LogP contribution in [0.4, 0.5) is 0 Å². The molecule has 0 aliphatic rings. The Morgan fingerprint density at radius 1 is 0.889 bits per heavy atom. The molecule has 3 N–H and O–H groups in total. The first-order valence-corrected chi connectivity index (χ1v) is 8.44. The average molecular weight is 370 g/mol. The van der Waals surface area contributed by atoms with Crippen LogP contribution in [0.3, 0.4) is 0 Å². The first-order chi connectivity index (χ1) is 13.0. The van der Waals surface area contributed by atoms with Crippen molar-refractivity contribution in [3.63, 3.8) is 0 Å². The van der Waals surface area contributed by atoms with Crippen LogP contribution in [0, 0.1) is 0 Å². The SMILES string of the molecule is NC(=O)[C@@H](CC(=O)OCc1ccccc1)NC(=O)COCc1ccccc1. The smallest absolute Gasteiger partial charge is 0.308 e. The van der Waals surface area contributed by atoms with Crippen LogP contribution >= 0.6 is 0 Å². The number of hydrogen-bond donors (Lipinski definition) is 2. The summed E-state index contributed by atoms with van der Waals surface area (Å²) in [7, 11) is 0. The van der Waals surface area contributed by atoms with E-state index in [0.29, 0.717) is 0 Å². The van der Waals surface area contributed by atoms with Crippen molar-refractivity contribution in [2.24, 2.45) is 5.73 Å². The van der Waals surface area contributed by atoms with Crippen molar-refractivity contribution < 1.29 is 23.9 Å². The molecule has 0 radical (unpaired) electrons. The fourth-order valence-corrected chi connectivity index (χ4v) is 2.26. The standard InChI is InChI=1S/C20H22N2O5/c21-20(25)17(11-19(24)27-13-16-9-5-2-6-10-16)22-18(23)14-26-12-15-7-3-1-4-8-15/h1-10,17H,11-14H2,(H2,21,25)(H,22,23)/t17-/m1/s1. The maximum atomic E-state index is 11.9. The van der Waals surface area contributed by atoms with Gasteiger partial charge in [-0.15, -0.1) is 0 Å². The molecule has 0 heterocycles. The molecule has 0 aliphatic carbocycles. The number of hydrogen-bond acceptors (Lipinski definition) is 5. The van der Waals surface area contributed by atoms with Gasteiger partial charge in [0.25, 0.3) is 0 Å². The van der Waals surface area contributed by atoms with Crippen LogP contribution in [-0.4, -0.2) is 30.4 Å². The maximum absolute atomic E-state index is 11.9. The van der Waals surface area contributed by atoms with Gasteiger partial charge in [0.1, 0.15) is 19.3 Å². The number of esters is 1. The zero-order chi connectivity index (χ0) is 19.5. The number of carbonyl (C=O) groups excluding carboxylic acids is 3. The van der Waals surface area contributed by atoms with Crippen LogP contribution in [0.25, 0.3) is 0 Å². The Hall–Kier alpha value is -3.19. The van der Waals surface area contributed by atoms with E-state index in [-0.39, 0.29) is 26.2 Å². The van der Waals surface area contributed by atoms with E-state index in [1.165, 1.54) is 0 Å². The zero-order valence-corrected chi connectivity index (χ0v) is 14.8. The van der Waals surface area contributed by atoms with Crippen molar-refractivity contribution in [3.8, 4) is 0 Å². The van der Waals surface area contributed by atoms with Crippen molar-refractivity contribution in [2.75, 3.05) is 6.61 Å². The third-order valence-corrected chi connectivity index (χ3v) is 3.64. The lowest BCUT2D eigenvalue weighted by molar-refractivity contribution is -0.147. The van der Waals surface area contributed by atoms with Crippen molar-refractivity contribution in [1.29, 1.82) is 0 Å². The molecule has 2 amide bonds. The van der Waals surface area contributed by atoms with E-state index in [4.69, 9.17) is 15.2 Å². The second-order valence-corrected chi connectivity index (χ2v) is 5.85. The average Bonchev–Trinajstić information content (AvgIpc) is 2.67. The van der Waals surface area contributed by atoms with Gasteiger partial charge in [-0.3, -0.25) is 14.4 Å². The summed E-state index contributed by atoms with van der Waals surface area (Å²) < 4.78 is 10.4. The fourth-order valence-electron chi connectivity index (χ4n) is 2.26. The summed E-state index contributed by atoms with van der Waals surface area (Å²) in [5.41, 5.74) is 7.00. The summed E-state index contributed by atoms with van der Waals surface area (Å²) in [6.45, 7) is 0.0889. The summed E-state index contributed by atoms with van der Waals surface area (Å²) in [4.78, 5) is 35.3. The molecule has 0 saturated carbocycles. The van der Waals surface area contributed by atoms with Gasteiger partial charge in [0, 0.05) is 0 Å². The molecule has 2 aromatic rings. The van der Waals surface area contributed by atoms with E-state index >= 15 is 0 Å². The minimum Gasteiger partial charge on any atom is -0.461 e. The van der Waals surface area contributed by atoms with E-state index in [1.54, 1.807) is 0 Å². The summed E-state index contributed by atoms with van der Waals surface area (Å²) in [5, 5.41) is 2.39. The highest BCUT2D eigenvalue weighted by Gasteiger charge is 2.22. The Balaban J connectivity index is 1.74. The monoisotopic (exact) mass is 370 g/mol. The van der Waals surface area contributed by atoms with Crippen LogP contribution in [0.15, 0.2) is 60.7 Å². The van der Waals surface area contributed by atoms with E-state index in [9.17, 15) is 14.4 Å². The second kappa shape index (κ2) is 10.7. The molecular formula is C20H22N2O5. The van der Waals surface area contributed by atoms with E-state index in [1.807, 2.05) is 60.7 Å². The van der Waals surface area contributed by atoms with Gasteiger partial charge in [0.2, 0.25) is 11.8 Å². The molecule has 0 unspecified atom stereocenters. The normalized spacial score (nSPS) is 11.4. The lowest BCUT2D eigenvalue weighted by atomic mass is 10.2. The molecule has 0 aromatic heterocycles. The van der Waals surface area contributed by atoms with E-state index in [0.717, 1.165) is 11.1 Å². The molecule has 1 atom stereocenters. The number of nitrogens with one attached hydrogen (secondary N) is 1. The van der Waals surface area contributed by atoms with Gasteiger partial charge in [-0.05, 0) is 11.1 Å². The largest absolute Gasteiger partial charge is 0.461 e. The third kappa shape index (κ3) is 7.70. The highest BCUT2D eigenvalue weighted by atomic mass is 16.5. The Morgan fingerprint density at radius 2 is 1.44 bits per heavy atom. The van der Waals surface area contributed by atoms with Crippen LogP contribution in [0.5, 0.6) is 0 Å². The number of benzene rings is 2. The maximum Gasteiger partial charge on any atom is 0.308 e. The quantitative estimate of drug-likeness (QED) is 0.613. The molecule has 27 heavy (non-hydrogen) atoms. The number of primary amides is 1. The number of carbonyl (C=O) groups is 3. The first-order valence-electron chi connectivity index (χ1n) is 8.44. The number of rotatable bonds is 10. The van der Waals surface area contributed by atoms with Crippen molar-refractivity contribution in [2.45, 2.75) is 25.7 Å². The van der Waals surface area contributed by atoms with E-state index in [2.05, 4.69) is 5.32 Å². The van der Waals surface area contributed by atoms with Crippen molar-refractivity contribution >= 4 is 17.8 Å². The van der Waals surface area contributed by atoms with E-state index < -0.39 is 23.8 Å². The molecule has 0 spiro atoms. The molecule has 0 fully saturated rings. The number of amides is 2. The number of nitrogens with two attached hydrogens (primary N) is 1. The fraction of sp³-hybridized carbons (Fsp3) is 0.250. The van der Waals surface area contributed by atoms with Crippen LogP contribution in [-0.2, 0) is 37.1 Å². The third-order valence-electron chi connectivity index (χ3n) is 3.64. The van der Waals surface area contributed by atoms with Crippen LogP contribution in [0.2, 0.25) is 0 Å². The summed E-state index contributed by atoms with van der Waals surface area (Å²) in [6.07, 6.45) is -0.341. The number of ether oxygens (including phenoxy) is 2. The highest BCUT2D eigenvalue weighted by Crippen LogP contribution is 2.04. The Kier molecular flexibility index (Phi) is 7.99. The minimum absolute atomic E-state index is 0.0826. The van der Waals surface area contributed by atoms with Gasteiger partial charge in [0.05, 0.1) is 13.0 Å². The van der Waals surface area contributed by atoms with Gasteiger partial charge in [-0.1, -0.05) is 60.7 Å². The highest BCUT2D eigenvalue weighted by molar-refractivity contribution is 5.90. The zero-order valence-electron chi connectivity index (χ0n) is 14.8. The minimum atomic E-state index is -1.15. The first kappa shape index (κ1) is 20.1. The summed E-state index contributed by atoms with van der Waals surface area (Å²) >= 11 is 0. The van der Waals surface area contributed by atoms with Crippen LogP contribution in [0.1, 0.15) is 17.5 Å². The van der Waals surface area contributed by atoms with Crippen molar-refractivity contribution in [1.82, 2.24) is 5.32 Å². The Morgan fingerprint density at radius 3 is 2.00 bits per heavy atom. The summed E-state index contributed by atoms with van der Waals surface area (Å²) in [5.74, 6) is -1.98. The van der Waals surface area contributed by atoms with Crippen molar-refractivity contribution in [3.05, 3.63) is 71.8 Å². The molecule has 7 nitrogen and oxygen atoms in total. The predicted octanol–water partition coefficient (Wildman–Crippen LogP) is 1.31. The summed E-state index contributed by atoms with van der Waals surface area (Å²) in [6, 6.07) is 17.3. The predicted molar refractivity (Wildman–Crippen MR) is 98.1 cm³/mol. The van der Waals surface area contributed by atoms with Gasteiger partial charge in [-0.25, -0.2) is 0 Å². The Labute approximate surface area is 157 Å². The molecule has 2 rings (SSSR count). The molecule has 142 valence electrons. The molecule has 0 saturated heterocycles. The molecular weight excluding hydrogens is 348 g/mol.